The number of β-amino-alcohol motifs (C(OH)–C–C–N with tert-alkyl or cyclic N) is 1. The molecule has 0 aromatic heterocycles. The van der Waals surface area contributed by atoms with Crippen LogP contribution in [0.4, 0.5) is 18.9 Å². The van der Waals surface area contributed by atoms with Gasteiger partial charge in [0.1, 0.15) is 12.4 Å². The molecule has 1 aliphatic rings. The third kappa shape index (κ3) is 7.57. The fourth-order valence-electron chi connectivity index (χ4n) is 3.39. The topological polar surface area (TPSA) is 45.2 Å². The molecule has 170 valence electrons. The van der Waals surface area contributed by atoms with Crippen LogP contribution in [-0.2, 0) is 10.9 Å². The minimum absolute atomic E-state index is 0.192. The molecule has 0 spiro atoms. The highest BCUT2D eigenvalue weighted by molar-refractivity contribution is 6.30. The lowest BCUT2D eigenvalue weighted by Gasteiger charge is -2.37. The van der Waals surface area contributed by atoms with E-state index in [1.807, 2.05) is 4.90 Å². The fraction of sp³-hybridized carbons (Fsp3) is 0.455. The summed E-state index contributed by atoms with van der Waals surface area (Å²) < 4.78 is 49.7. The number of hydrogen-bond donors (Lipinski definition) is 1. The van der Waals surface area contributed by atoms with Crippen molar-refractivity contribution < 1.29 is 27.8 Å². The lowest BCUT2D eigenvalue weighted by Crippen LogP contribution is -2.49. The summed E-state index contributed by atoms with van der Waals surface area (Å²) in [4.78, 5) is 4.02. The first-order chi connectivity index (χ1) is 14.8. The maximum Gasteiger partial charge on any atom is 0.416 e. The number of piperazine rings is 1. The van der Waals surface area contributed by atoms with Gasteiger partial charge in [0.15, 0.2) is 0 Å². The average Bonchev–Trinajstić information content (AvgIpc) is 2.75. The van der Waals surface area contributed by atoms with Gasteiger partial charge in [-0.2, -0.15) is 13.2 Å². The highest BCUT2D eigenvalue weighted by Gasteiger charge is 2.31. The summed E-state index contributed by atoms with van der Waals surface area (Å²) in [7, 11) is 0. The number of aliphatic hydroxyl groups excluding tert-OH is 1. The largest absolute Gasteiger partial charge is 0.491 e. The minimum atomic E-state index is -4.35. The van der Waals surface area contributed by atoms with Gasteiger partial charge < -0.3 is 19.5 Å². The van der Waals surface area contributed by atoms with Crippen LogP contribution < -0.4 is 9.64 Å². The molecule has 1 fully saturated rings. The summed E-state index contributed by atoms with van der Waals surface area (Å²) in [6.45, 7) is 3.88. The van der Waals surface area contributed by atoms with Gasteiger partial charge >= 0.3 is 6.18 Å². The molecule has 0 aliphatic carbocycles. The zero-order valence-electron chi connectivity index (χ0n) is 17.0. The quantitative estimate of drug-likeness (QED) is 0.577. The van der Waals surface area contributed by atoms with E-state index in [2.05, 4.69) is 4.90 Å². The number of hydrogen-bond acceptors (Lipinski definition) is 5. The van der Waals surface area contributed by atoms with E-state index in [0.29, 0.717) is 62.4 Å². The van der Waals surface area contributed by atoms with Crippen molar-refractivity contribution in [3.63, 3.8) is 0 Å². The Morgan fingerprint density at radius 2 is 1.71 bits per heavy atom. The molecule has 0 unspecified atom stereocenters. The summed E-state index contributed by atoms with van der Waals surface area (Å²) in [5, 5.41) is 10.8. The van der Waals surface area contributed by atoms with Crippen molar-refractivity contribution >= 4 is 17.3 Å². The molecule has 1 heterocycles. The van der Waals surface area contributed by atoms with Gasteiger partial charge in [-0.3, -0.25) is 4.90 Å². The normalized spacial score (nSPS) is 16.4. The summed E-state index contributed by atoms with van der Waals surface area (Å²) in [6.07, 6.45) is -4.99. The number of halogens is 4. The lowest BCUT2D eigenvalue weighted by atomic mass is 10.1. The fourth-order valence-corrected chi connectivity index (χ4v) is 3.51. The van der Waals surface area contributed by atoms with E-state index in [4.69, 9.17) is 21.1 Å². The van der Waals surface area contributed by atoms with Gasteiger partial charge in [0.25, 0.3) is 0 Å². The Bertz CT molecular complexity index is 812. The van der Waals surface area contributed by atoms with Gasteiger partial charge in [-0.15, -0.1) is 0 Å². The van der Waals surface area contributed by atoms with Gasteiger partial charge in [-0.25, -0.2) is 0 Å². The van der Waals surface area contributed by atoms with Crippen LogP contribution in [0.2, 0.25) is 5.02 Å². The SMILES string of the molecule is O[C@@H](COCCOc1ccc(Cl)cc1)CN1CCN(c2cccc(C(F)(F)F)c2)CC1. The van der Waals surface area contributed by atoms with Gasteiger partial charge in [-0.05, 0) is 42.5 Å². The molecule has 31 heavy (non-hydrogen) atoms. The first-order valence-electron chi connectivity index (χ1n) is 10.1. The zero-order valence-corrected chi connectivity index (χ0v) is 17.8. The number of anilines is 1. The van der Waals surface area contributed by atoms with Gasteiger partial charge in [0, 0.05) is 43.4 Å². The van der Waals surface area contributed by atoms with E-state index in [1.54, 1.807) is 30.3 Å². The van der Waals surface area contributed by atoms with Crippen LogP contribution in [0, 0.1) is 0 Å². The molecule has 0 amide bonds. The van der Waals surface area contributed by atoms with E-state index in [0.717, 1.165) is 6.07 Å². The van der Waals surface area contributed by atoms with Crippen LogP contribution in [0.5, 0.6) is 5.75 Å². The average molecular weight is 459 g/mol. The van der Waals surface area contributed by atoms with Gasteiger partial charge in [-0.1, -0.05) is 17.7 Å². The highest BCUT2D eigenvalue weighted by Crippen LogP contribution is 2.31. The molecular weight excluding hydrogens is 433 g/mol. The first-order valence-corrected chi connectivity index (χ1v) is 10.5. The van der Waals surface area contributed by atoms with Crippen LogP contribution in [-0.4, -0.2) is 68.7 Å². The third-order valence-corrected chi connectivity index (χ3v) is 5.25. The Balaban J connectivity index is 1.32. The van der Waals surface area contributed by atoms with E-state index in [1.165, 1.54) is 12.1 Å². The maximum absolute atomic E-state index is 12.9. The summed E-state index contributed by atoms with van der Waals surface area (Å²) in [5.41, 5.74) is -0.0703. The molecule has 0 radical (unpaired) electrons. The second-order valence-electron chi connectivity index (χ2n) is 7.37. The van der Waals surface area contributed by atoms with Crippen LogP contribution in [0.1, 0.15) is 5.56 Å². The second-order valence-corrected chi connectivity index (χ2v) is 7.80. The number of alkyl halides is 3. The van der Waals surface area contributed by atoms with Gasteiger partial charge in [0.05, 0.1) is 24.9 Å². The smallest absolute Gasteiger partial charge is 0.416 e. The van der Waals surface area contributed by atoms with Crippen molar-refractivity contribution in [2.45, 2.75) is 12.3 Å². The first kappa shape index (κ1) is 23.7. The Morgan fingerprint density at radius 1 is 1.00 bits per heavy atom. The minimum Gasteiger partial charge on any atom is -0.491 e. The number of ether oxygens (including phenoxy) is 2. The van der Waals surface area contributed by atoms with Crippen LogP contribution in [0.15, 0.2) is 48.5 Å². The number of nitrogens with zero attached hydrogens (tertiary/aromatic N) is 2. The van der Waals surface area contributed by atoms with Crippen LogP contribution >= 0.6 is 11.6 Å². The van der Waals surface area contributed by atoms with Crippen molar-refractivity contribution in [1.29, 1.82) is 0 Å². The van der Waals surface area contributed by atoms with Crippen LogP contribution in [0.25, 0.3) is 0 Å². The molecule has 9 heteroatoms. The molecule has 3 rings (SSSR count). The van der Waals surface area contributed by atoms with Gasteiger partial charge in [0.2, 0.25) is 0 Å². The van der Waals surface area contributed by atoms with Crippen molar-refractivity contribution in [2.75, 3.05) is 57.4 Å². The van der Waals surface area contributed by atoms with Crippen molar-refractivity contribution in [1.82, 2.24) is 4.90 Å². The number of aliphatic hydroxyl groups is 1. The molecule has 1 saturated heterocycles. The van der Waals surface area contributed by atoms with Crippen LogP contribution in [0.3, 0.4) is 0 Å². The van der Waals surface area contributed by atoms with Crippen molar-refractivity contribution in [3.8, 4) is 5.75 Å². The Morgan fingerprint density at radius 3 is 2.39 bits per heavy atom. The number of rotatable bonds is 9. The maximum atomic E-state index is 12.9. The van der Waals surface area contributed by atoms with Crippen molar-refractivity contribution in [2.24, 2.45) is 0 Å². The Hall–Kier alpha value is -2.00. The Kier molecular flexibility index (Phi) is 8.43. The zero-order chi connectivity index (χ0) is 22.3. The third-order valence-electron chi connectivity index (χ3n) is 5.00. The monoisotopic (exact) mass is 458 g/mol. The summed E-state index contributed by atoms with van der Waals surface area (Å²) in [6, 6.07) is 12.4. The predicted octanol–water partition coefficient (Wildman–Crippen LogP) is 3.94. The predicted molar refractivity (Wildman–Crippen MR) is 114 cm³/mol. The molecule has 1 aliphatic heterocycles. The van der Waals surface area contributed by atoms with Crippen molar-refractivity contribution in [3.05, 3.63) is 59.1 Å². The lowest BCUT2D eigenvalue weighted by molar-refractivity contribution is -0.137. The number of benzene rings is 2. The Labute approximate surface area is 184 Å². The molecular formula is C22H26ClF3N2O3. The van der Waals surface area contributed by atoms with E-state index >= 15 is 0 Å². The standard InChI is InChI=1S/C22H26ClF3N2O3/c23-18-4-6-21(7-5-18)31-13-12-30-16-20(29)15-27-8-10-28(11-9-27)19-3-1-2-17(14-19)22(24,25)26/h1-7,14,20,29H,8-13,15-16H2/t20-/m1/s1. The van der Waals surface area contributed by atoms with E-state index in [9.17, 15) is 18.3 Å². The molecule has 5 nitrogen and oxygen atoms in total. The van der Waals surface area contributed by atoms with E-state index < -0.39 is 17.8 Å². The molecule has 2 aromatic rings. The molecule has 1 atom stereocenters. The summed E-state index contributed by atoms with van der Waals surface area (Å²) >= 11 is 5.82. The van der Waals surface area contributed by atoms with E-state index in [-0.39, 0.29) is 6.61 Å². The highest BCUT2D eigenvalue weighted by atomic mass is 35.5. The molecule has 0 bridgehead atoms. The molecule has 2 aromatic carbocycles. The molecule has 0 saturated carbocycles. The molecule has 1 N–H and O–H groups in total. The second kappa shape index (κ2) is 11.0. The summed E-state index contributed by atoms with van der Waals surface area (Å²) in [5.74, 6) is 0.701.